The smallest absolute Gasteiger partial charge is 0.435 e. The Kier molecular flexibility index (Phi) is 7.34. The molecule has 234 valence electrons. The number of thioether (sulfide) groups is 1. The Hall–Kier alpha value is -4.85. The summed E-state index contributed by atoms with van der Waals surface area (Å²) < 4.78 is 18.0. The van der Waals surface area contributed by atoms with Gasteiger partial charge in [-0.05, 0) is 81.8 Å². The third-order valence-corrected chi connectivity index (χ3v) is 8.35. The maximum absolute atomic E-state index is 13.7. The molecule has 1 aliphatic carbocycles. The van der Waals surface area contributed by atoms with Crippen LogP contribution < -0.4 is 19.7 Å². The van der Waals surface area contributed by atoms with Crippen LogP contribution in [0.15, 0.2) is 47.8 Å². The number of carboxylic acid groups (broad SMARTS) is 1. The van der Waals surface area contributed by atoms with Gasteiger partial charge in [-0.3, -0.25) is 4.79 Å². The van der Waals surface area contributed by atoms with Gasteiger partial charge >= 0.3 is 12.2 Å². The Morgan fingerprint density at radius 3 is 2.62 bits per heavy atom. The van der Waals surface area contributed by atoms with E-state index in [1.807, 2.05) is 25.3 Å². The van der Waals surface area contributed by atoms with Gasteiger partial charge in [0.15, 0.2) is 22.5 Å². The van der Waals surface area contributed by atoms with Crippen molar-refractivity contribution in [3.63, 3.8) is 0 Å². The molecule has 1 spiro atoms. The number of nitrogens with one attached hydrogen (secondary N) is 1. The number of benzene rings is 2. The Labute approximate surface area is 262 Å². The molecule has 0 bridgehead atoms. The number of imide groups is 1. The first-order chi connectivity index (χ1) is 21.4. The van der Waals surface area contributed by atoms with Crippen LogP contribution in [-0.2, 0) is 14.9 Å². The van der Waals surface area contributed by atoms with Crippen molar-refractivity contribution < 1.29 is 33.7 Å². The highest BCUT2D eigenvalue weighted by molar-refractivity contribution is 7.98. The fraction of sp³-hybridized carbons (Fsp3) is 0.355. The van der Waals surface area contributed by atoms with Gasteiger partial charge in [0.05, 0.1) is 36.5 Å². The van der Waals surface area contributed by atoms with Gasteiger partial charge in [-0.15, -0.1) is 5.10 Å². The summed E-state index contributed by atoms with van der Waals surface area (Å²) >= 11 is 1.37. The molecule has 4 aromatic rings. The number of carbonyl (C=O) groups excluding carboxylic acids is 2. The number of nitrogens with zero attached hydrogens (tertiary/aromatic N) is 5. The predicted octanol–water partition coefficient (Wildman–Crippen LogP) is 5.93. The number of hydrogen-bond donors (Lipinski definition) is 2. The minimum Gasteiger partial charge on any atom is -0.497 e. The molecule has 1 fully saturated rings. The molecule has 2 N–H and O–H groups in total. The summed E-state index contributed by atoms with van der Waals surface area (Å²) in [5.74, 6) is 0.802. The predicted molar refractivity (Wildman–Crippen MR) is 167 cm³/mol. The van der Waals surface area contributed by atoms with Crippen LogP contribution >= 0.6 is 11.8 Å². The van der Waals surface area contributed by atoms with E-state index < -0.39 is 29.1 Å². The van der Waals surface area contributed by atoms with Crippen LogP contribution in [0.5, 0.6) is 11.5 Å². The van der Waals surface area contributed by atoms with Crippen LogP contribution in [0, 0.1) is 0 Å². The van der Waals surface area contributed by atoms with E-state index in [1.165, 1.54) is 23.6 Å². The summed E-state index contributed by atoms with van der Waals surface area (Å²) in [6, 6.07) is 10.4. The standard InChI is InChI=1S/C31H32N6O7S/c1-7-43-23-15-32-27(45-6)34-25(23)33-24-18-10-8-16(12-22(18)37(35-24)29(41)44-30(2,3)4)20-14-31(20)19-13-17(42-5)9-11-21(19)36(26(31)38)28(39)40/h8-13,15,20H,7,14H2,1-6H3,(H,39,40)(H,32,33,34,35)/t20-,31-/m0/s1. The van der Waals surface area contributed by atoms with E-state index in [4.69, 9.17) is 14.2 Å². The zero-order valence-electron chi connectivity index (χ0n) is 25.6. The van der Waals surface area contributed by atoms with Crippen LogP contribution in [0.25, 0.3) is 10.9 Å². The second-order valence-electron chi connectivity index (χ2n) is 11.7. The molecule has 0 radical (unpaired) electrons. The van der Waals surface area contributed by atoms with E-state index in [9.17, 15) is 19.5 Å². The van der Waals surface area contributed by atoms with Gasteiger partial charge in [-0.1, -0.05) is 17.8 Å². The average Bonchev–Trinajstić information content (AvgIpc) is 3.58. The lowest BCUT2D eigenvalue weighted by Gasteiger charge is -2.19. The third kappa shape index (κ3) is 5.08. The summed E-state index contributed by atoms with van der Waals surface area (Å²) in [5.41, 5.74) is 0.239. The van der Waals surface area contributed by atoms with Crippen molar-refractivity contribution in [2.45, 2.75) is 56.2 Å². The Morgan fingerprint density at radius 2 is 1.96 bits per heavy atom. The molecule has 2 atom stereocenters. The topological polar surface area (TPSA) is 158 Å². The average molecular weight is 633 g/mol. The molecule has 0 unspecified atom stereocenters. The van der Waals surface area contributed by atoms with Crippen LogP contribution in [0.3, 0.4) is 0 Å². The summed E-state index contributed by atoms with van der Waals surface area (Å²) in [6.07, 6.45) is 1.79. The molecule has 2 amide bonds. The number of anilines is 3. The minimum absolute atomic E-state index is 0.321. The van der Waals surface area contributed by atoms with E-state index in [0.717, 1.165) is 10.5 Å². The molecule has 0 saturated heterocycles. The zero-order chi connectivity index (χ0) is 32.3. The number of fused-ring (bicyclic) bond motifs is 3. The van der Waals surface area contributed by atoms with Crippen molar-refractivity contribution in [2.75, 3.05) is 30.2 Å². The summed E-state index contributed by atoms with van der Waals surface area (Å²) in [7, 11) is 1.52. The van der Waals surface area contributed by atoms with Crippen LogP contribution in [0.4, 0.5) is 26.9 Å². The summed E-state index contributed by atoms with van der Waals surface area (Å²) in [5, 5.41) is 18.8. The number of amides is 2. The van der Waals surface area contributed by atoms with Crippen LogP contribution in [0.2, 0.25) is 0 Å². The second-order valence-corrected chi connectivity index (χ2v) is 12.5. The number of ether oxygens (including phenoxy) is 3. The largest absolute Gasteiger partial charge is 0.497 e. The minimum atomic E-state index is -1.34. The molecule has 6 rings (SSSR count). The van der Waals surface area contributed by atoms with E-state index in [2.05, 4.69) is 20.4 Å². The molecule has 14 heteroatoms. The van der Waals surface area contributed by atoms with E-state index in [0.29, 0.717) is 63.5 Å². The normalized spacial score (nSPS) is 18.7. The lowest BCUT2D eigenvalue weighted by Crippen LogP contribution is -2.36. The maximum atomic E-state index is 13.7. The van der Waals surface area contributed by atoms with Gasteiger partial charge in [-0.2, -0.15) is 4.68 Å². The Bertz CT molecular complexity index is 1870. The molecule has 1 aliphatic heterocycles. The number of rotatable bonds is 7. The molecule has 45 heavy (non-hydrogen) atoms. The van der Waals surface area contributed by atoms with Crippen molar-refractivity contribution in [1.29, 1.82) is 0 Å². The Morgan fingerprint density at radius 1 is 1.18 bits per heavy atom. The first-order valence-electron chi connectivity index (χ1n) is 14.2. The van der Waals surface area contributed by atoms with E-state index in [1.54, 1.807) is 51.2 Å². The molecule has 2 aromatic carbocycles. The molecular weight excluding hydrogens is 600 g/mol. The monoisotopic (exact) mass is 632 g/mol. The first kappa shape index (κ1) is 30.2. The fourth-order valence-electron chi connectivity index (χ4n) is 5.81. The van der Waals surface area contributed by atoms with Gasteiger partial charge in [0.25, 0.3) is 0 Å². The third-order valence-electron chi connectivity index (χ3n) is 7.79. The van der Waals surface area contributed by atoms with E-state index >= 15 is 0 Å². The highest BCUT2D eigenvalue weighted by Gasteiger charge is 2.68. The van der Waals surface area contributed by atoms with Gasteiger partial charge in [0.2, 0.25) is 5.91 Å². The molecule has 3 heterocycles. The molecule has 2 aromatic heterocycles. The van der Waals surface area contributed by atoms with Gasteiger partial charge in [-0.25, -0.2) is 24.5 Å². The van der Waals surface area contributed by atoms with Crippen molar-refractivity contribution in [3.8, 4) is 11.5 Å². The van der Waals surface area contributed by atoms with Crippen LogP contribution in [0.1, 0.15) is 51.2 Å². The second kappa shape index (κ2) is 10.9. The quantitative estimate of drug-likeness (QED) is 0.183. The van der Waals surface area contributed by atoms with Crippen molar-refractivity contribution in [3.05, 3.63) is 53.7 Å². The molecule has 2 aliphatic rings. The van der Waals surface area contributed by atoms with Gasteiger partial charge in [0, 0.05) is 11.3 Å². The SMILES string of the molecule is CCOc1cnc(SC)nc1Nc1nn(C(=O)OC(C)(C)C)c2cc([C@@H]3C[C@@]34C(=O)N(C(=O)O)c3ccc(OC)cc34)ccc12. The first-order valence-corrected chi connectivity index (χ1v) is 15.5. The molecule has 13 nitrogen and oxygen atoms in total. The van der Waals surface area contributed by atoms with Crippen molar-refractivity contribution in [2.24, 2.45) is 0 Å². The van der Waals surface area contributed by atoms with Crippen molar-refractivity contribution >= 4 is 58.1 Å². The maximum Gasteiger partial charge on any atom is 0.435 e. The van der Waals surface area contributed by atoms with E-state index in [-0.39, 0.29) is 5.92 Å². The van der Waals surface area contributed by atoms with Gasteiger partial charge in [0.1, 0.15) is 11.4 Å². The lowest BCUT2D eigenvalue weighted by atomic mass is 9.91. The lowest BCUT2D eigenvalue weighted by molar-refractivity contribution is -0.119. The molecular formula is C31H32N6O7S. The summed E-state index contributed by atoms with van der Waals surface area (Å²) in [6.45, 7) is 7.54. The Balaban J connectivity index is 1.45. The van der Waals surface area contributed by atoms with Crippen LogP contribution in [-0.4, -0.2) is 68.5 Å². The highest BCUT2D eigenvalue weighted by atomic mass is 32.2. The van der Waals surface area contributed by atoms with Gasteiger partial charge < -0.3 is 24.6 Å². The summed E-state index contributed by atoms with van der Waals surface area (Å²) in [4.78, 5) is 48.9. The number of carbonyl (C=O) groups is 3. The fourth-order valence-corrected chi connectivity index (χ4v) is 6.15. The highest BCUT2D eigenvalue weighted by Crippen LogP contribution is 2.67. The van der Waals surface area contributed by atoms with Crippen molar-refractivity contribution in [1.82, 2.24) is 19.7 Å². The number of aromatic nitrogens is 4. The number of hydrogen-bond acceptors (Lipinski definition) is 11. The molecule has 1 saturated carbocycles. The number of methoxy groups -OCH3 is 1. The zero-order valence-corrected chi connectivity index (χ0v) is 26.4.